The second-order valence-electron chi connectivity index (χ2n) is 5.58. The van der Waals surface area contributed by atoms with Gasteiger partial charge in [0.25, 0.3) is 0 Å². The van der Waals surface area contributed by atoms with E-state index in [0.717, 1.165) is 17.7 Å². The number of aromatic amines is 1. The first-order chi connectivity index (χ1) is 9.58. The third kappa shape index (κ3) is 2.01. The first kappa shape index (κ1) is 12.9. The summed E-state index contributed by atoms with van der Waals surface area (Å²) < 4.78 is 0. The number of aromatic nitrogens is 2. The van der Waals surface area contributed by atoms with E-state index in [1.54, 1.807) is 6.20 Å². The molecule has 0 aliphatic heterocycles. The van der Waals surface area contributed by atoms with Crippen molar-refractivity contribution in [3.05, 3.63) is 29.6 Å². The molecule has 20 heavy (non-hydrogen) atoms. The molecule has 3 N–H and O–H groups in total. The standard InChI is InChI=1S/C14H17N3O3/c1-7-10(6-16-17-7)5-15-13(18)11-8-2-3-9(4-8)12(11)14(19)20/h2-3,6,8-9,11-12H,4-5H2,1H3,(H,15,18)(H,16,17)(H,19,20)/t8?,9?,11-,12+/m0/s1. The highest BCUT2D eigenvalue weighted by Gasteiger charge is 2.51. The zero-order chi connectivity index (χ0) is 14.3. The van der Waals surface area contributed by atoms with Gasteiger partial charge in [-0.2, -0.15) is 5.10 Å². The fraction of sp³-hybridized carbons (Fsp3) is 0.500. The van der Waals surface area contributed by atoms with Crippen LogP contribution in [0.5, 0.6) is 0 Å². The van der Waals surface area contributed by atoms with Gasteiger partial charge in [-0.1, -0.05) is 12.2 Å². The third-order valence-electron chi connectivity index (χ3n) is 4.43. The molecule has 1 amide bonds. The summed E-state index contributed by atoms with van der Waals surface area (Å²) in [6.45, 7) is 2.26. The van der Waals surface area contributed by atoms with Crippen LogP contribution >= 0.6 is 0 Å². The highest BCUT2D eigenvalue weighted by Crippen LogP contribution is 2.48. The van der Waals surface area contributed by atoms with Crippen LogP contribution in [0, 0.1) is 30.6 Å². The number of aryl methyl sites for hydroxylation is 1. The Balaban J connectivity index is 1.69. The van der Waals surface area contributed by atoms with Gasteiger partial charge in [0.1, 0.15) is 0 Å². The Bertz CT molecular complexity index is 578. The van der Waals surface area contributed by atoms with Crippen LogP contribution < -0.4 is 5.32 Å². The number of rotatable bonds is 4. The summed E-state index contributed by atoms with van der Waals surface area (Å²) in [5.74, 6) is -2.02. The first-order valence-corrected chi connectivity index (χ1v) is 6.75. The van der Waals surface area contributed by atoms with Crippen molar-refractivity contribution in [2.45, 2.75) is 19.9 Å². The quantitative estimate of drug-likeness (QED) is 0.710. The van der Waals surface area contributed by atoms with Gasteiger partial charge in [0.15, 0.2) is 0 Å². The van der Waals surface area contributed by atoms with Gasteiger partial charge in [0.2, 0.25) is 5.91 Å². The molecule has 4 atom stereocenters. The molecule has 1 heterocycles. The monoisotopic (exact) mass is 275 g/mol. The van der Waals surface area contributed by atoms with Crippen molar-refractivity contribution in [3.8, 4) is 0 Å². The number of aliphatic carboxylic acids is 1. The van der Waals surface area contributed by atoms with Gasteiger partial charge >= 0.3 is 5.97 Å². The maximum atomic E-state index is 12.3. The molecule has 2 aliphatic rings. The molecule has 2 aliphatic carbocycles. The summed E-state index contributed by atoms with van der Waals surface area (Å²) in [5, 5.41) is 18.9. The topological polar surface area (TPSA) is 95.1 Å². The molecule has 0 radical (unpaired) electrons. The van der Waals surface area contributed by atoms with E-state index in [-0.39, 0.29) is 17.7 Å². The summed E-state index contributed by atoms with van der Waals surface area (Å²) in [4.78, 5) is 23.7. The number of amides is 1. The number of carboxylic acid groups (broad SMARTS) is 1. The molecule has 3 rings (SSSR count). The molecule has 6 nitrogen and oxygen atoms in total. The number of hydrogen-bond donors (Lipinski definition) is 3. The number of allylic oxidation sites excluding steroid dienone is 2. The molecular weight excluding hydrogens is 258 g/mol. The molecule has 6 heteroatoms. The van der Waals surface area contributed by atoms with Gasteiger partial charge < -0.3 is 10.4 Å². The molecule has 2 bridgehead atoms. The van der Waals surface area contributed by atoms with Crippen molar-refractivity contribution >= 4 is 11.9 Å². The SMILES string of the molecule is Cc1[nH]ncc1CNC(=O)[C@H]1C2C=CC(C2)[C@H]1C(=O)O. The fourth-order valence-corrected chi connectivity index (χ4v) is 3.37. The predicted molar refractivity (Wildman–Crippen MR) is 70.5 cm³/mol. The molecule has 0 saturated heterocycles. The second-order valence-corrected chi connectivity index (χ2v) is 5.58. The lowest BCUT2D eigenvalue weighted by Gasteiger charge is -2.23. The van der Waals surface area contributed by atoms with Crippen molar-refractivity contribution in [3.63, 3.8) is 0 Å². The van der Waals surface area contributed by atoms with Crippen LogP contribution in [0.2, 0.25) is 0 Å². The minimum absolute atomic E-state index is 0.00362. The lowest BCUT2D eigenvalue weighted by Crippen LogP contribution is -2.39. The number of nitrogens with one attached hydrogen (secondary N) is 2. The Morgan fingerprint density at radius 2 is 2.10 bits per heavy atom. The minimum atomic E-state index is -0.874. The van der Waals surface area contributed by atoms with Crippen LogP contribution in [-0.2, 0) is 16.1 Å². The Labute approximate surface area is 116 Å². The summed E-state index contributed by atoms with van der Waals surface area (Å²) in [5.41, 5.74) is 1.83. The van der Waals surface area contributed by atoms with Crippen molar-refractivity contribution in [1.29, 1.82) is 0 Å². The van der Waals surface area contributed by atoms with Crippen LogP contribution in [0.1, 0.15) is 17.7 Å². The Morgan fingerprint density at radius 3 is 2.70 bits per heavy atom. The highest BCUT2D eigenvalue weighted by molar-refractivity contribution is 5.86. The van der Waals surface area contributed by atoms with E-state index in [1.165, 1.54) is 0 Å². The van der Waals surface area contributed by atoms with Crippen LogP contribution in [0.15, 0.2) is 18.3 Å². The lowest BCUT2D eigenvalue weighted by atomic mass is 9.82. The smallest absolute Gasteiger partial charge is 0.307 e. The number of nitrogens with zero attached hydrogens (tertiary/aromatic N) is 1. The Hall–Kier alpha value is -2.11. The highest BCUT2D eigenvalue weighted by atomic mass is 16.4. The van der Waals surface area contributed by atoms with E-state index in [2.05, 4.69) is 15.5 Å². The molecule has 0 spiro atoms. The van der Waals surface area contributed by atoms with Crippen molar-refractivity contribution in [1.82, 2.24) is 15.5 Å². The number of hydrogen-bond acceptors (Lipinski definition) is 3. The molecule has 0 aromatic carbocycles. The Morgan fingerprint density at radius 1 is 1.40 bits per heavy atom. The first-order valence-electron chi connectivity index (χ1n) is 6.75. The average molecular weight is 275 g/mol. The van der Waals surface area contributed by atoms with Gasteiger partial charge in [-0.15, -0.1) is 0 Å². The fourth-order valence-electron chi connectivity index (χ4n) is 3.37. The zero-order valence-corrected chi connectivity index (χ0v) is 11.2. The van der Waals surface area contributed by atoms with Crippen molar-refractivity contribution < 1.29 is 14.7 Å². The maximum Gasteiger partial charge on any atom is 0.307 e. The number of H-pyrrole nitrogens is 1. The van der Waals surface area contributed by atoms with Gasteiger partial charge in [0.05, 0.1) is 18.0 Å². The summed E-state index contributed by atoms with van der Waals surface area (Å²) in [6, 6.07) is 0. The molecule has 1 saturated carbocycles. The van der Waals surface area contributed by atoms with E-state index in [9.17, 15) is 14.7 Å². The van der Waals surface area contributed by atoms with E-state index < -0.39 is 17.8 Å². The van der Waals surface area contributed by atoms with Crippen LogP contribution in [0.4, 0.5) is 0 Å². The zero-order valence-electron chi connectivity index (χ0n) is 11.2. The normalized spacial score (nSPS) is 30.6. The largest absolute Gasteiger partial charge is 0.481 e. The Kier molecular flexibility index (Phi) is 3.08. The van der Waals surface area contributed by atoms with E-state index in [1.807, 2.05) is 19.1 Å². The number of fused-ring (bicyclic) bond motifs is 2. The number of carbonyl (C=O) groups is 2. The molecule has 1 aromatic heterocycles. The summed E-state index contributed by atoms with van der Waals surface area (Å²) >= 11 is 0. The van der Waals surface area contributed by atoms with Gasteiger partial charge in [-0.05, 0) is 25.2 Å². The van der Waals surface area contributed by atoms with Gasteiger partial charge in [0, 0.05) is 17.8 Å². The number of carbonyl (C=O) groups excluding carboxylic acids is 1. The van der Waals surface area contributed by atoms with Crippen molar-refractivity contribution in [2.24, 2.45) is 23.7 Å². The van der Waals surface area contributed by atoms with Crippen molar-refractivity contribution in [2.75, 3.05) is 0 Å². The van der Waals surface area contributed by atoms with E-state index >= 15 is 0 Å². The predicted octanol–water partition coefficient (Wildman–Crippen LogP) is 0.857. The molecule has 2 unspecified atom stereocenters. The molecule has 1 fully saturated rings. The van der Waals surface area contributed by atoms with Crippen LogP contribution in [0.3, 0.4) is 0 Å². The minimum Gasteiger partial charge on any atom is -0.481 e. The average Bonchev–Trinajstić information content (AvgIpc) is 3.10. The van der Waals surface area contributed by atoms with Crippen LogP contribution in [-0.4, -0.2) is 27.2 Å². The lowest BCUT2D eigenvalue weighted by molar-refractivity contribution is -0.147. The van der Waals surface area contributed by atoms with E-state index in [4.69, 9.17) is 0 Å². The molecular formula is C14H17N3O3. The maximum absolute atomic E-state index is 12.3. The van der Waals surface area contributed by atoms with Gasteiger partial charge in [-0.25, -0.2) is 0 Å². The molecule has 106 valence electrons. The summed E-state index contributed by atoms with van der Waals surface area (Å²) in [6.07, 6.45) is 6.37. The van der Waals surface area contributed by atoms with Gasteiger partial charge in [-0.3, -0.25) is 14.7 Å². The summed E-state index contributed by atoms with van der Waals surface area (Å²) in [7, 11) is 0. The van der Waals surface area contributed by atoms with Crippen LogP contribution in [0.25, 0.3) is 0 Å². The molecule has 1 aromatic rings. The number of carboxylic acids is 1. The third-order valence-corrected chi connectivity index (χ3v) is 4.43. The second kappa shape index (κ2) is 4.77. The van der Waals surface area contributed by atoms with E-state index in [0.29, 0.717) is 6.54 Å².